The van der Waals surface area contributed by atoms with Gasteiger partial charge in [0, 0.05) is 5.69 Å². The molecule has 2 aromatic heterocycles. The Hall–Kier alpha value is -3.85. The Morgan fingerprint density at radius 1 is 1.16 bits per heavy atom. The number of aliphatic hydroxyl groups excluding tert-OH is 1. The van der Waals surface area contributed by atoms with Gasteiger partial charge in [-0.05, 0) is 67.8 Å². The number of aliphatic hydroxyl groups is 1. The van der Waals surface area contributed by atoms with E-state index in [0.717, 1.165) is 23.0 Å². The molecule has 158 valence electrons. The Morgan fingerprint density at radius 2 is 1.94 bits per heavy atom. The number of hydrogen-bond donors (Lipinski definition) is 3. The largest absolute Gasteiger partial charge is 0.382 e. The van der Waals surface area contributed by atoms with Gasteiger partial charge in [0.05, 0.1) is 11.4 Å². The number of fused-ring (bicyclic) bond motifs is 1. The molecule has 9 heteroatoms. The van der Waals surface area contributed by atoms with Crippen LogP contribution < -0.4 is 11.1 Å². The number of nitrogens with one attached hydrogen (secondary N) is 1. The monoisotopic (exact) mass is 420 g/mol. The normalized spacial score (nSPS) is 12.2. The van der Waals surface area contributed by atoms with Crippen LogP contribution in [-0.2, 0) is 4.79 Å². The third-order valence-electron chi connectivity index (χ3n) is 4.98. The Morgan fingerprint density at radius 3 is 2.65 bits per heavy atom. The predicted octanol–water partition coefficient (Wildman–Crippen LogP) is 3.13. The number of amides is 1. The Balaban J connectivity index is 1.62. The van der Waals surface area contributed by atoms with Crippen LogP contribution in [0.25, 0.3) is 16.7 Å². The van der Waals surface area contributed by atoms with Gasteiger partial charge in [-0.3, -0.25) is 4.79 Å². The maximum atomic E-state index is 13.6. The fourth-order valence-corrected chi connectivity index (χ4v) is 3.54. The van der Waals surface area contributed by atoms with Crippen molar-refractivity contribution in [1.29, 1.82) is 0 Å². The molecule has 4 rings (SSSR count). The van der Waals surface area contributed by atoms with E-state index < -0.39 is 17.8 Å². The number of carbonyl (C=O) groups is 1. The lowest BCUT2D eigenvalue weighted by atomic mass is 10.1. The summed E-state index contributed by atoms with van der Waals surface area (Å²) >= 11 is 0. The Bertz CT molecular complexity index is 1300. The third kappa shape index (κ3) is 3.82. The van der Waals surface area contributed by atoms with Crippen LogP contribution in [0.15, 0.2) is 42.7 Å². The molecule has 4 aromatic rings. The van der Waals surface area contributed by atoms with Gasteiger partial charge in [-0.15, -0.1) is 0 Å². The number of anilines is 2. The number of hydrogen-bond acceptors (Lipinski definition) is 6. The number of rotatable bonds is 4. The van der Waals surface area contributed by atoms with Crippen LogP contribution >= 0.6 is 0 Å². The van der Waals surface area contributed by atoms with Crippen LogP contribution in [-0.4, -0.2) is 30.8 Å². The van der Waals surface area contributed by atoms with E-state index in [1.165, 1.54) is 12.4 Å². The number of aromatic nitrogens is 4. The summed E-state index contributed by atoms with van der Waals surface area (Å²) in [6, 6.07) is 9.26. The van der Waals surface area contributed by atoms with Crippen LogP contribution in [0.5, 0.6) is 0 Å². The Kier molecular flexibility index (Phi) is 5.12. The van der Waals surface area contributed by atoms with Crippen molar-refractivity contribution in [3.63, 3.8) is 0 Å². The van der Waals surface area contributed by atoms with Gasteiger partial charge in [-0.25, -0.2) is 19.0 Å². The maximum absolute atomic E-state index is 13.6. The molecule has 0 aliphatic rings. The van der Waals surface area contributed by atoms with Crippen molar-refractivity contribution in [3.05, 3.63) is 70.9 Å². The summed E-state index contributed by atoms with van der Waals surface area (Å²) in [6.45, 7) is 5.39. The first kappa shape index (κ1) is 20.4. The van der Waals surface area contributed by atoms with Crippen LogP contribution in [0.1, 0.15) is 28.5 Å². The SMILES string of the molecule is Cc1cc(F)cc([C@@H](O)C(=O)Nc2ccc(-n3nc(C)c4ncnc(N)c43)c(C)c2)c1. The van der Waals surface area contributed by atoms with Gasteiger partial charge in [-0.2, -0.15) is 5.10 Å². The van der Waals surface area contributed by atoms with Crippen molar-refractivity contribution in [1.82, 2.24) is 19.7 Å². The van der Waals surface area contributed by atoms with Crippen LogP contribution in [0, 0.1) is 26.6 Å². The van der Waals surface area contributed by atoms with Crippen LogP contribution in [0.4, 0.5) is 15.9 Å². The molecule has 0 bridgehead atoms. The zero-order chi connectivity index (χ0) is 22.3. The van der Waals surface area contributed by atoms with E-state index in [1.54, 1.807) is 35.9 Å². The highest BCUT2D eigenvalue weighted by molar-refractivity contribution is 5.95. The minimum absolute atomic E-state index is 0.192. The summed E-state index contributed by atoms with van der Waals surface area (Å²) in [5.41, 5.74) is 10.9. The van der Waals surface area contributed by atoms with Crippen molar-refractivity contribution in [2.75, 3.05) is 11.1 Å². The van der Waals surface area contributed by atoms with E-state index in [1.807, 2.05) is 13.8 Å². The van der Waals surface area contributed by atoms with E-state index in [4.69, 9.17) is 5.73 Å². The molecule has 0 aliphatic heterocycles. The van der Waals surface area contributed by atoms with Crippen molar-refractivity contribution >= 4 is 28.4 Å². The van der Waals surface area contributed by atoms with Gasteiger partial charge >= 0.3 is 0 Å². The summed E-state index contributed by atoms with van der Waals surface area (Å²) in [6.07, 6.45) is -0.0999. The van der Waals surface area contributed by atoms with Crippen LogP contribution in [0.2, 0.25) is 0 Å². The van der Waals surface area contributed by atoms with Crippen molar-refractivity contribution in [3.8, 4) is 5.69 Å². The summed E-state index contributed by atoms with van der Waals surface area (Å²) in [5, 5.41) is 17.5. The predicted molar refractivity (Wildman–Crippen MR) is 115 cm³/mol. The lowest BCUT2D eigenvalue weighted by Gasteiger charge is -2.14. The minimum atomic E-state index is -1.50. The summed E-state index contributed by atoms with van der Waals surface area (Å²) < 4.78 is 15.3. The summed E-state index contributed by atoms with van der Waals surface area (Å²) in [7, 11) is 0. The number of benzene rings is 2. The highest BCUT2D eigenvalue weighted by Crippen LogP contribution is 2.27. The number of nitrogens with zero attached hydrogens (tertiary/aromatic N) is 4. The van der Waals surface area contributed by atoms with Gasteiger partial charge in [0.15, 0.2) is 11.9 Å². The van der Waals surface area contributed by atoms with E-state index in [0.29, 0.717) is 28.1 Å². The first-order chi connectivity index (χ1) is 14.7. The van der Waals surface area contributed by atoms with Crippen molar-refractivity contribution in [2.45, 2.75) is 26.9 Å². The average molecular weight is 420 g/mol. The Labute approximate surface area is 177 Å². The van der Waals surface area contributed by atoms with E-state index in [9.17, 15) is 14.3 Å². The highest BCUT2D eigenvalue weighted by Gasteiger charge is 2.20. The molecule has 1 amide bonds. The molecule has 0 aliphatic carbocycles. The fraction of sp³-hybridized carbons (Fsp3) is 0.182. The zero-order valence-electron chi connectivity index (χ0n) is 17.2. The molecule has 1 atom stereocenters. The molecule has 0 spiro atoms. The summed E-state index contributed by atoms with van der Waals surface area (Å²) in [5.74, 6) is -0.849. The molecule has 0 radical (unpaired) electrons. The topological polar surface area (TPSA) is 119 Å². The number of halogens is 1. The molecule has 4 N–H and O–H groups in total. The van der Waals surface area contributed by atoms with E-state index >= 15 is 0 Å². The van der Waals surface area contributed by atoms with Crippen molar-refractivity contribution in [2.24, 2.45) is 0 Å². The molecule has 8 nitrogen and oxygen atoms in total. The first-order valence-corrected chi connectivity index (χ1v) is 9.57. The second-order valence-corrected chi connectivity index (χ2v) is 7.41. The zero-order valence-corrected chi connectivity index (χ0v) is 17.2. The molecule has 2 heterocycles. The van der Waals surface area contributed by atoms with Gasteiger partial charge in [0.1, 0.15) is 23.2 Å². The second kappa shape index (κ2) is 7.77. The minimum Gasteiger partial charge on any atom is -0.382 e. The van der Waals surface area contributed by atoms with E-state index in [2.05, 4.69) is 20.4 Å². The quantitative estimate of drug-likeness (QED) is 0.467. The maximum Gasteiger partial charge on any atom is 0.257 e. The number of aryl methyl sites for hydroxylation is 3. The standard InChI is InChI=1S/C22H21FN6O2/c1-11-6-14(9-15(23)7-11)20(30)22(31)27-16-4-5-17(12(2)8-16)29-19-18(13(3)28-29)25-10-26-21(19)24/h4-10,20,30H,1-3H3,(H,27,31)(H2,24,25,26)/t20-/m1/s1. The van der Waals surface area contributed by atoms with Gasteiger partial charge in [-0.1, -0.05) is 6.07 Å². The van der Waals surface area contributed by atoms with Gasteiger partial charge in [0.2, 0.25) is 0 Å². The lowest BCUT2D eigenvalue weighted by molar-refractivity contribution is -0.124. The number of carbonyl (C=O) groups excluding carboxylic acids is 1. The number of nitrogens with two attached hydrogens (primary N) is 1. The number of nitrogen functional groups attached to an aromatic ring is 1. The van der Waals surface area contributed by atoms with E-state index in [-0.39, 0.29) is 5.56 Å². The van der Waals surface area contributed by atoms with Crippen molar-refractivity contribution < 1.29 is 14.3 Å². The average Bonchev–Trinajstić information content (AvgIpc) is 3.04. The molecule has 0 fully saturated rings. The lowest BCUT2D eigenvalue weighted by Crippen LogP contribution is -2.21. The molecule has 0 saturated heterocycles. The molecule has 2 aromatic carbocycles. The second-order valence-electron chi connectivity index (χ2n) is 7.41. The molecule has 0 saturated carbocycles. The smallest absolute Gasteiger partial charge is 0.257 e. The highest BCUT2D eigenvalue weighted by atomic mass is 19.1. The summed E-state index contributed by atoms with van der Waals surface area (Å²) in [4.78, 5) is 20.8. The van der Waals surface area contributed by atoms with Gasteiger partial charge in [0.25, 0.3) is 5.91 Å². The molecule has 31 heavy (non-hydrogen) atoms. The first-order valence-electron chi connectivity index (χ1n) is 9.57. The molecular formula is C22H21FN6O2. The fourth-order valence-electron chi connectivity index (χ4n) is 3.54. The third-order valence-corrected chi connectivity index (χ3v) is 4.98. The van der Waals surface area contributed by atoms with Crippen LogP contribution in [0.3, 0.4) is 0 Å². The van der Waals surface area contributed by atoms with Gasteiger partial charge < -0.3 is 16.2 Å². The molecular weight excluding hydrogens is 399 g/mol. The molecule has 0 unspecified atom stereocenters.